The lowest BCUT2D eigenvalue weighted by Gasteiger charge is -2.02. The molecule has 5 nitrogen and oxygen atoms in total. The number of carbonyl (C=O) groups is 2. The van der Waals surface area contributed by atoms with E-state index in [4.69, 9.17) is 5.11 Å². The van der Waals surface area contributed by atoms with Crippen LogP contribution in [0.15, 0.2) is 30.2 Å². The van der Waals surface area contributed by atoms with Gasteiger partial charge in [-0.25, -0.2) is 4.98 Å². The van der Waals surface area contributed by atoms with Gasteiger partial charge in [0.25, 0.3) is 0 Å². The molecular formula is C12H12N2O3S. The average Bonchev–Trinajstić information content (AvgIpc) is 2.99. The number of aliphatic carboxylic acids is 1. The van der Waals surface area contributed by atoms with Gasteiger partial charge < -0.3 is 9.67 Å². The second-order valence-corrected chi connectivity index (χ2v) is 4.92. The van der Waals surface area contributed by atoms with Crippen LogP contribution in [0.25, 0.3) is 5.69 Å². The molecule has 2 rings (SSSR count). The van der Waals surface area contributed by atoms with Crippen molar-refractivity contribution >= 4 is 23.1 Å². The third-order valence-corrected chi connectivity index (χ3v) is 3.53. The molecule has 1 atom stereocenters. The Bertz CT molecular complexity index is 560. The van der Waals surface area contributed by atoms with E-state index in [0.29, 0.717) is 4.88 Å². The Morgan fingerprint density at radius 1 is 1.56 bits per heavy atom. The zero-order chi connectivity index (χ0) is 13.1. The number of imidazole rings is 1. The zero-order valence-corrected chi connectivity index (χ0v) is 10.6. The monoisotopic (exact) mass is 264 g/mol. The van der Waals surface area contributed by atoms with Crippen LogP contribution in [0.3, 0.4) is 0 Å². The lowest BCUT2D eigenvalue weighted by molar-refractivity contribution is -0.141. The van der Waals surface area contributed by atoms with Crippen molar-refractivity contribution in [3.63, 3.8) is 0 Å². The quantitative estimate of drug-likeness (QED) is 0.840. The predicted octanol–water partition coefficient (Wildman–Crippen LogP) is 2.23. The van der Waals surface area contributed by atoms with Gasteiger partial charge in [0.2, 0.25) is 0 Å². The van der Waals surface area contributed by atoms with Gasteiger partial charge in [0.1, 0.15) is 0 Å². The molecule has 18 heavy (non-hydrogen) atoms. The number of Topliss-reactive ketones (excluding diaryl/α,β-unsaturated/α-hetero) is 1. The van der Waals surface area contributed by atoms with E-state index in [1.165, 1.54) is 18.3 Å². The van der Waals surface area contributed by atoms with Crippen LogP contribution in [-0.2, 0) is 4.79 Å². The number of carboxylic acids is 1. The highest BCUT2D eigenvalue weighted by Crippen LogP contribution is 2.21. The summed E-state index contributed by atoms with van der Waals surface area (Å²) < 4.78 is 1.80. The molecule has 0 aliphatic carbocycles. The largest absolute Gasteiger partial charge is 0.481 e. The maximum Gasteiger partial charge on any atom is 0.306 e. The first kappa shape index (κ1) is 12.5. The van der Waals surface area contributed by atoms with Crippen LogP contribution >= 0.6 is 11.3 Å². The molecule has 0 saturated heterocycles. The lowest BCUT2D eigenvalue weighted by atomic mass is 10.0. The van der Waals surface area contributed by atoms with Crippen molar-refractivity contribution < 1.29 is 14.7 Å². The number of hydrogen-bond acceptors (Lipinski definition) is 4. The van der Waals surface area contributed by atoms with Crippen LogP contribution in [0, 0.1) is 5.92 Å². The fourth-order valence-electron chi connectivity index (χ4n) is 1.49. The van der Waals surface area contributed by atoms with Gasteiger partial charge in [-0.3, -0.25) is 9.59 Å². The van der Waals surface area contributed by atoms with E-state index in [1.807, 2.05) is 5.38 Å². The van der Waals surface area contributed by atoms with E-state index < -0.39 is 11.9 Å². The van der Waals surface area contributed by atoms with Gasteiger partial charge in [-0.05, 0) is 6.07 Å². The molecule has 0 amide bonds. The first-order chi connectivity index (χ1) is 8.58. The third-order valence-electron chi connectivity index (χ3n) is 2.58. The lowest BCUT2D eigenvalue weighted by Crippen LogP contribution is -2.14. The van der Waals surface area contributed by atoms with Crippen LogP contribution < -0.4 is 0 Å². The Balaban J connectivity index is 2.11. The van der Waals surface area contributed by atoms with Gasteiger partial charge in [0.15, 0.2) is 5.78 Å². The Kier molecular flexibility index (Phi) is 3.57. The summed E-state index contributed by atoms with van der Waals surface area (Å²) in [5, 5.41) is 10.6. The summed E-state index contributed by atoms with van der Waals surface area (Å²) in [6, 6.07) is 1.75. The average molecular weight is 264 g/mol. The summed E-state index contributed by atoms with van der Waals surface area (Å²) >= 11 is 1.32. The van der Waals surface area contributed by atoms with Gasteiger partial charge in [-0.15, -0.1) is 11.3 Å². The molecule has 0 spiro atoms. The maximum atomic E-state index is 11.9. The zero-order valence-electron chi connectivity index (χ0n) is 9.74. The predicted molar refractivity (Wildman–Crippen MR) is 67.2 cm³/mol. The molecule has 94 valence electrons. The third kappa shape index (κ3) is 2.65. The Hall–Kier alpha value is -1.95. The van der Waals surface area contributed by atoms with E-state index in [0.717, 1.165) is 5.69 Å². The minimum Gasteiger partial charge on any atom is -0.481 e. The number of ketones is 1. The Labute approximate surface area is 108 Å². The SMILES string of the molecule is CC(CC(=O)c1cc(-n2ccnc2)cs1)C(=O)O. The topological polar surface area (TPSA) is 72.2 Å². The minimum absolute atomic E-state index is 0.0270. The second-order valence-electron chi connectivity index (χ2n) is 4.01. The van der Waals surface area contributed by atoms with Crippen LogP contribution in [0.2, 0.25) is 0 Å². The highest BCUT2D eigenvalue weighted by molar-refractivity contribution is 7.12. The highest BCUT2D eigenvalue weighted by Gasteiger charge is 2.18. The standard InChI is InChI=1S/C12H12N2O3S/c1-8(12(16)17)4-10(15)11-5-9(6-18-11)14-3-2-13-7-14/h2-3,5-8H,4H2,1H3,(H,16,17). The summed E-state index contributed by atoms with van der Waals surface area (Å²) in [6.45, 7) is 1.53. The molecular weight excluding hydrogens is 252 g/mol. The summed E-state index contributed by atoms with van der Waals surface area (Å²) in [5.74, 6) is -1.74. The van der Waals surface area contributed by atoms with Crippen molar-refractivity contribution in [2.45, 2.75) is 13.3 Å². The number of nitrogens with zero attached hydrogens (tertiary/aromatic N) is 2. The van der Waals surface area contributed by atoms with Crippen molar-refractivity contribution in [1.29, 1.82) is 0 Å². The molecule has 0 radical (unpaired) electrons. The van der Waals surface area contributed by atoms with Gasteiger partial charge in [0.05, 0.1) is 22.8 Å². The fraction of sp³-hybridized carbons (Fsp3) is 0.250. The summed E-state index contributed by atoms with van der Waals surface area (Å²) in [6.07, 6.45) is 5.12. The molecule has 6 heteroatoms. The van der Waals surface area contributed by atoms with Crippen LogP contribution in [0.4, 0.5) is 0 Å². The van der Waals surface area contributed by atoms with E-state index in [9.17, 15) is 9.59 Å². The van der Waals surface area contributed by atoms with Crippen LogP contribution in [-0.4, -0.2) is 26.4 Å². The van der Waals surface area contributed by atoms with E-state index in [1.54, 1.807) is 29.4 Å². The van der Waals surface area contributed by atoms with Gasteiger partial charge in [-0.1, -0.05) is 6.92 Å². The molecule has 2 heterocycles. The molecule has 0 bridgehead atoms. The van der Waals surface area contributed by atoms with E-state index in [2.05, 4.69) is 4.98 Å². The first-order valence-electron chi connectivity index (χ1n) is 5.41. The van der Waals surface area contributed by atoms with Gasteiger partial charge in [-0.2, -0.15) is 0 Å². The van der Waals surface area contributed by atoms with Crippen molar-refractivity contribution in [3.8, 4) is 5.69 Å². The molecule has 0 fully saturated rings. The summed E-state index contributed by atoms with van der Waals surface area (Å²) in [4.78, 5) is 27.1. The van der Waals surface area contributed by atoms with Gasteiger partial charge in [0, 0.05) is 24.2 Å². The molecule has 2 aromatic rings. The highest BCUT2D eigenvalue weighted by atomic mass is 32.1. The van der Waals surface area contributed by atoms with Crippen molar-refractivity contribution in [1.82, 2.24) is 9.55 Å². The Morgan fingerprint density at radius 2 is 2.33 bits per heavy atom. The number of thiophene rings is 1. The Morgan fingerprint density at radius 3 is 2.94 bits per heavy atom. The van der Waals surface area contributed by atoms with Crippen molar-refractivity contribution in [2.24, 2.45) is 5.92 Å². The molecule has 1 N–H and O–H groups in total. The van der Waals surface area contributed by atoms with Crippen molar-refractivity contribution in [3.05, 3.63) is 35.0 Å². The number of hydrogen-bond donors (Lipinski definition) is 1. The molecule has 1 unspecified atom stereocenters. The van der Waals surface area contributed by atoms with Crippen LogP contribution in [0.1, 0.15) is 23.0 Å². The number of aromatic nitrogens is 2. The van der Waals surface area contributed by atoms with Crippen molar-refractivity contribution in [2.75, 3.05) is 0 Å². The molecule has 0 aliphatic rings. The number of rotatable bonds is 5. The second kappa shape index (κ2) is 5.14. The summed E-state index contributed by atoms with van der Waals surface area (Å²) in [7, 11) is 0. The van der Waals surface area contributed by atoms with Gasteiger partial charge >= 0.3 is 5.97 Å². The first-order valence-corrected chi connectivity index (χ1v) is 6.28. The molecule has 0 aromatic carbocycles. The number of carboxylic acid groups (broad SMARTS) is 1. The molecule has 0 aliphatic heterocycles. The number of carbonyl (C=O) groups excluding carboxylic acids is 1. The maximum absolute atomic E-state index is 11.9. The van der Waals surface area contributed by atoms with E-state index >= 15 is 0 Å². The minimum atomic E-state index is -0.949. The smallest absolute Gasteiger partial charge is 0.306 e. The van der Waals surface area contributed by atoms with E-state index in [-0.39, 0.29) is 12.2 Å². The normalized spacial score (nSPS) is 12.3. The molecule has 2 aromatic heterocycles. The molecule has 0 saturated carbocycles. The summed E-state index contributed by atoms with van der Waals surface area (Å²) in [5.41, 5.74) is 0.865. The van der Waals surface area contributed by atoms with Crippen LogP contribution in [0.5, 0.6) is 0 Å². The fourth-order valence-corrected chi connectivity index (χ4v) is 2.33.